The molecule has 6 heteroatoms. The largest absolute Gasteiger partial charge is 0.497 e. The summed E-state index contributed by atoms with van der Waals surface area (Å²) < 4.78 is 5.03. The van der Waals surface area contributed by atoms with Crippen LogP contribution in [-0.2, 0) is 9.59 Å². The summed E-state index contributed by atoms with van der Waals surface area (Å²) in [5.74, 6) is -0.964. The highest BCUT2D eigenvalue weighted by molar-refractivity contribution is 6.39. The molecule has 0 aliphatic heterocycles. The predicted molar refractivity (Wildman–Crippen MR) is 93.2 cm³/mol. The Morgan fingerprint density at radius 2 is 1.58 bits per heavy atom. The van der Waals surface area contributed by atoms with Crippen LogP contribution in [0, 0.1) is 6.92 Å². The number of benzene rings is 2. The van der Waals surface area contributed by atoms with E-state index < -0.39 is 11.8 Å². The van der Waals surface area contributed by atoms with Crippen LogP contribution >= 0.6 is 0 Å². The molecule has 0 atom stereocenters. The van der Waals surface area contributed by atoms with Crippen molar-refractivity contribution in [2.45, 2.75) is 13.8 Å². The maximum atomic E-state index is 11.8. The molecule has 0 aliphatic rings. The normalized spacial score (nSPS) is 10.9. The average molecular weight is 325 g/mol. The Bertz CT molecular complexity index is 750. The average Bonchev–Trinajstić information content (AvgIpc) is 2.60. The molecule has 2 aromatic rings. The van der Waals surface area contributed by atoms with Crippen molar-refractivity contribution in [1.82, 2.24) is 5.43 Å². The summed E-state index contributed by atoms with van der Waals surface area (Å²) in [6.07, 6.45) is 0. The fourth-order valence-corrected chi connectivity index (χ4v) is 1.91. The maximum absolute atomic E-state index is 11.8. The molecule has 0 aromatic heterocycles. The third-order valence-corrected chi connectivity index (χ3v) is 3.35. The molecule has 0 bridgehead atoms. The van der Waals surface area contributed by atoms with Crippen molar-refractivity contribution < 1.29 is 14.3 Å². The Morgan fingerprint density at radius 1 is 0.958 bits per heavy atom. The second-order valence-corrected chi connectivity index (χ2v) is 5.19. The number of carbonyl (C=O) groups is 2. The minimum atomic E-state index is -0.836. The van der Waals surface area contributed by atoms with Gasteiger partial charge in [0.25, 0.3) is 0 Å². The number of rotatable bonds is 4. The van der Waals surface area contributed by atoms with Crippen molar-refractivity contribution in [3.05, 3.63) is 59.7 Å². The summed E-state index contributed by atoms with van der Waals surface area (Å²) >= 11 is 0. The minimum absolute atomic E-state index is 0.496. The highest BCUT2D eigenvalue weighted by atomic mass is 16.5. The van der Waals surface area contributed by atoms with Crippen molar-refractivity contribution in [2.24, 2.45) is 5.10 Å². The van der Waals surface area contributed by atoms with Gasteiger partial charge in [-0.3, -0.25) is 9.59 Å². The first-order valence-electron chi connectivity index (χ1n) is 7.36. The van der Waals surface area contributed by atoms with Crippen LogP contribution in [-0.4, -0.2) is 24.6 Å². The summed E-state index contributed by atoms with van der Waals surface area (Å²) in [4.78, 5) is 23.6. The van der Waals surface area contributed by atoms with E-state index in [1.54, 1.807) is 38.3 Å². The number of hydrogen-bond donors (Lipinski definition) is 2. The first-order valence-corrected chi connectivity index (χ1v) is 7.36. The van der Waals surface area contributed by atoms with Crippen molar-refractivity contribution in [3.63, 3.8) is 0 Å². The smallest absolute Gasteiger partial charge is 0.329 e. The van der Waals surface area contributed by atoms with Crippen LogP contribution in [0.15, 0.2) is 53.6 Å². The SMILES string of the molecule is COc1ccc(NC(=O)C(=O)N/N=C(\C)c2ccc(C)cc2)cc1. The van der Waals surface area contributed by atoms with E-state index in [1.165, 1.54) is 0 Å². The van der Waals surface area contributed by atoms with E-state index in [0.29, 0.717) is 17.1 Å². The summed E-state index contributed by atoms with van der Waals surface area (Å²) in [6.45, 7) is 3.74. The quantitative estimate of drug-likeness (QED) is 0.515. The molecule has 2 amide bonds. The summed E-state index contributed by atoms with van der Waals surface area (Å²) in [7, 11) is 1.55. The molecular formula is C18H19N3O3. The zero-order chi connectivity index (χ0) is 17.5. The number of aryl methyl sites for hydroxylation is 1. The molecule has 0 spiro atoms. The van der Waals surface area contributed by atoms with E-state index in [1.807, 2.05) is 31.2 Å². The van der Waals surface area contributed by atoms with Crippen LogP contribution < -0.4 is 15.5 Å². The molecule has 2 rings (SSSR count). The zero-order valence-electron chi connectivity index (χ0n) is 13.8. The van der Waals surface area contributed by atoms with E-state index >= 15 is 0 Å². The van der Waals surface area contributed by atoms with Gasteiger partial charge in [0.05, 0.1) is 12.8 Å². The number of hydrogen-bond acceptors (Lipinski definition) is 4. The van der Waals surface area contributed by atoms with Crippen LogP contribution in [0.4, 0.5) is 5.69 Å². The molecule has 0 radical (unpaired) electrons. The highest BCUT2D eigenvalue weighted by Crippen LogP contribution is 2.14. The minimum Gasteiger partial charge on any atom is -0.497 e. The zero-order valence-corrected chi connectivity index (χ0v) is 13.8. The van der Waals surface area contributed by atoms with Gasteiger partial charge in [-0.15, -0.1) is 0 Å². The standard InChI is InChI=1S/C18H19N3O3/c1-12-4-6-14(7-5-12)13(2)20-21-18(23)17(22)19-15-8-10-16(24-3)11-9-15/h4-11H,1-3H3,(H,19,22)(H,21,23)/b20-13+. The molecule has 0 unspecified atom stereocenters. The monoisotopic (exact) mass is 325 g/mol. The number of ether oxygens (including phenoxy) is 1. The van der Waals surface area contributed by atoms with Gasteiger partial charge in [0, 0.05) is 5.69 Å². The third kappa shape index (κ3) is 4.67. The van der Waals surface area contributed by atoms with Gasteiger partial charge in [0.15, 0.2) is 0 Å². The predicted octanol–water partition coefficient (Wildman–Crippen LogP) is 2.48. The Hall–Kier alpha value is -3.15. The van der Waals surface area contributed by atoms with Crippen LogP contribution in [0.25, 0.3) is 0 Å². The number of carbonyl (C=O) groups excluding carboxylic acids is 2. The highest BCUT2D eigenvalue weighted by Gasteiger charge is 2.13. The Kier molecular flexibility index (Phi) is 5.68. The maximum Gasteiger partial charge on any atom is 0.329 e. The number of amides is 2. The molecule has 0 aliphatic carbocycles. The van der Waals surface area contributed by atoms with Crippen LogP contribution in [0.2, 0.25) is 0 Å². The lowest BCUT2D eigenvalue weighted by molar-refractivity contribution is -0.136. The van der Waals surface area contributed by atoms with Crippen LogP contribution in [0.3, 0.4) is 0 Å². The van der Waals surface area contributed by atoms with Crippen LogP contribution in [0.5, 0.6) is 5.75 Å². The lowest BCUT2D eigenvalue weighted by atomic mass is 10.1. The van der Waals surface area contributed by atoms with Crippen molar-refractivity contribution in [2.75, 3.05) is 12.4 Å². The molecule has 2 N–H and O–H groups in total. The van der Waals surface area contributed by atoms with Gasteiger partial charge in [0.2, 0.25) is 0 Å². The van der Waals surface area contributed by atoms with Gasteiger partial charge >= 0.3 is 11.8 Å². The van der Waals surface area contributed by atoms with E-state index in [-0.39, 0.29) is 0 Å². The molecule has 0 saturated heterocycles. The summed E-state index contributed by atoms with van der Waals surface area (Å²) in [5, 5.41) is 6.44. The molecule has 0 saturated carbocycles. The van der Waals surface area contributed by atoms with Gasteiger partial charge in [-0.05, 0) is 43.7 Å². The number of nitrogens with one attached hydrogen (secondary N) is 2. The van der Waals surface area contributed by atoms with E-state index in [9.17, 15) is 9.59 Å². The Morgan fingerprint density at radius 3 is 2.17 bits per heavy atom. The lowest BCUT2D eigenvalue weighted by Gasteiger charge is -2.06. The van der Waals surface area contributed by atoms with Crippen molar-refractivity contribution in [1.29, 1.82) is 0 Å². The second kappa shape index (κ2) is 7.92. The number of methoxy groups -OCH3 is 1. The molecule has 24 heavy (non-hydrogen) atoms. The summed E-state index contributed by atoms with van der Waals surface area (Å²) in [6, 6.07) is 14.4. The van der Waals surface area contributed by atoms with Gasteiger partial charge in [-0.25, -0.2) is 5.43 Å². The number of nitrogens with zero attached hydrogens (tertiary/aromatic N) is 1. The molecule has 2 aromatic carbocycles. The van der Waals surface area contributed by atoms with Crippen LogP contribution in [0.1, 0.15) is 18.1 Å². The molecular weight excluding hydrogens is 306 g/mol. The number of hydrazone groups is 1. The fraction of sp³-hybridized carbons (Fsp3) is 0.167. The first-order chi connectivity index (χ1) is 11.5. The second-order valence-electron chi connectivity index (χ2n) is 5.19. The molecule has 6 nitrogen and oxygen atoms in total. The molecule has 124 valence electrons. The molecule has 0 heterocycles. The fourth-order valence-electron chi connectivity index (χ4n) is 1.91. The van der Waals surface area contributed by atoms with E-state index in [4.69, 9.17) is 4.74 Å². The first kappa shape index (κ1) is 17.2. The number of anilines is 1. The van der Waals surface area contributed by atoms with Gasteiger partial charge < -0.3 is 10.1 Å². The Labute approximate surface area is 140 Å². The summed E-state index contributed by atoms with van der Waals surface area (Å²) in [5.41, 5.74) is 5.36. The van der Waals surface area contributed by atoms with E-state index in [0.717, 1.165) is 11.1 Å². The van der Waals surface area contributed by atoms with Gasteiger partial charge in [-0.2, -0.15) is 5.10 Å². The Balaban J connectivity index is 1.94. The van der Waals surface area contributed by atoms with Crippen molar-refractivity contribution in [3.8, 4) is 5.75 Å². The van der Waals surface area contributed by atoms with Gasteiger partial charge in [0.1, 0.15) is 5.75 Å². The van der Waals surface area contributed by atoms with E-state index in [2.05, 4.69) is 15.8 Å². The third-order valence-electron chi connectivity index (χ3n) is 3.35. The van der Waals surface area contributed by atoms with Crippen molar-refractivity contribution >= 4 is 23.2 Å². The van der Waals surface area contributed by atoms with Gasteiger partial charge in [-0.1, -0.05) is 29.8 Å². The molecule has 0 fully saturated rings. The topological polar surface area (TPSA) is 79.8 Å². The lowest BCUT2D eigenvalue weighted by Crippen LogP contribution is -2.32.